The monoisotopic (exact) mass is 299 g/mol. The number of hydrogen-bond acceptors (Lipinski definition) is 3. The van der Waals surface area contributed by atoms with Gasteiger partial charge >= 0.3 is 5.97 Å². The van der Waals surface area contributed by atoms with Gasteiger partial charge in [-0.15, -0.1) is 0 Å². The SMILES string of the molecule is CCSC1CCC(N(C)C(=O)[C@@H]2CC[C@H](C(=O)O)C2)C1. The number of rotatable bonds is 5. The Bertz CT molecular complexity index is 374. The number of hydrogen-bond donors (Lipinski definition) is 1. The molecule has 0 bridgehead atoms. The Morgan fingerprint density at radius 1 is 1.15 bits per heavy atom. The van der Waals surface area contributed by atoms with Crippen LogP contribution in [0.2, 0.25) is 0 Å². The molecule has 0 saturated heterocycles. The first-order valence-corrected chi connectivity index (χ1v) is 8.68. The van der Waals surface area contributed by atoms with Crippen molar-refractivity contribution >= 4 is 23.6 Å². The Morgan fingerprint density at radius 3 is 2.45 bits per heavy atom. The van der Waals surface area contributed by atoms with Crippen LogP contribution >= 0.6 is 11.8 Å². The molecule has 1 amide bonds. The minimum absolute atomic E-state index is 0.0704. The Labute approximate surface area is 125 Å². The van der Waals surface area contributed by atoms with Crippen LogP contribution in [0.4, 0.5) is 0 Å². The molecule has 2 aliphatic carbocycles. The molecule has 2 rings (SSSR count). The molecule has 4 atom stereocenters. The molecule has 5 heteroatoms. The molecular formula is C15H25NO3S. The molecule has 4 nitrogen and oxygen atoms in total. The van der Waals surface area contributed by atoms with E-state index in [-0.39, 0.29) is 17.7 Å². The highest BCUT2D eigenvalue weighted by Gasteiger charge is 2.38. The van der Waals surface area contributed by atoms with Crippen molar-refractivity contribution < 1.29 is 14.7 Å². The predicted octanol–water partition coefficient (Wildman–Crippen LogP) is 2.62. The van der Waals surface area contributed by atoms with E-state index in [1.807, 2.05) is 23.7 Å². The Morgan fingerprint density at radius 2 is 1.85 bits per heavy atom. The molecule has 2 fully saturated rings. The molecule has 0 spiro atoms. The van der Waals surface area contributed by atoms with Gasteiger partial charge < -0.3 is 10.0 Å². The summed E-state index contributed by atoms with van der Waals surface area (Å²) in [4.78, 5) is 25.4. The summed E-state index contributed by atoms with van der Waals surface area (Å²) in [6.45, 7) is 2.18. The lowest BCUT2D eigenvalue weighted by atomic mass is 10.0. The van der Waals surface area contributed by atoms with E-state index in [4.69, 9.17) is 5.11 Å². The normalized spacial score (nSPS) is 33.3. The fraction of sp³-hybridized carbons (Fsp3) is 0.867. The summed E-state index contributed by atoms with van der Waals surface area (Å²) in [5.74, 6) is 0.172. The van der Waals surface area contributed by atoms with Gasteiger partial charge in [0, 0.05) is 24.3 Å². The minimum atomic E-state index is -0.747. The summed E-state index contributed by atoms with van der Waals surface area (Å²) < 4.78 is 0. The Kier molecular flexibility index (Phi) is 5.35. The molecule has 2 unspecified atom stereocenters. The number of carbonyl (C=O) groups excluding carboxylic acids is 1. The second-order valence-corrected chi connectivity index (χ2v) is 7.62. The van der Waals surface area contributed by atoms with Gasteiger partial charge in [-0.2, -0.15) is 11.8 Å². The number of nitrogens with zero attached hydrogens (tertiary/aromatic N) is 1. The van der Waals surface area contributed by atoms with Gasteiger partial charge in [0.1, 0.15) is 0 Å². The van der Waals surface area contributed by atoms with Gasteiger partial charge in [0.15, 0.2) is 0 Å². The first-order chi connectivity index (χ1) is 9.52. The van der Waals surface area contributed by atoms with E-state index in [0.717, 1.165) is 25.0 Å². The van der Waals surface area contributed by atoms with E-state index in [0.29, 0.717) is 24.1 Å². The highest BCUT2D eigenvalue weighted by atomic mass is 32.2. The highest BCUT2D eigenvalue weighted by molar-refractivity contribution is 7.99. The van der Waals surface area contributed by atoms with Crippen LogP contribution in [-0.2, 0) is 9.59 Å². The lowest BCUT2D eigenvalue weighted by molar-refractivity contribution is -0.141. The van der Waals surface area contributed by atoms with Crippen molar-refractivity contribution in [3.8, 4) is 0 Å². The first kappa shape index (κ1) is 15.7. The lowest BCUT2D eigenvalue weighted by Gasteiger charge is -2.27. The van der Waals surface area contributed by atoms with Crippen LogP contribution in [0.15, 0.2) is 0 Å². The maximum atomic E-state index is 12.5. The van der Waals surface area contributed by atoms with E-state index in [1.54, 1.807) is 0 Å². The van der Waals surface area contributed by atoms with E-state index in [1.165, 1.54) is 6.42 Å². The maximum absolute atomic E-state index is 12.5. The molecule has 0 aromatic rings. The fourth-order valence-corrected chi connectivity index (χ4v) is 4.69. The van der Waals surface area contributed by atoms with Gasteiger partial charge in [0.05, 0.1) is 5.92 Å². The number of carboxylic acid groups (broad SMARTS) is 1. The van der Waals surface area contributed by atoms with Crippen LogP contribution < -0.4 is 0 Å². The van der Waals surface area contributed by atoms with Crippen LogP contribution in [0.5, 0.6) is 0 Å². The summed E-state index contributed by atoms with van der Waals surface area (Å²) in [5.41, 5.74) is 0. The molecule has 20 heavy (non-hydrogen) atoms. The maximum Gasteiger partial charge on any atom is 0.306 e. The number of carbonyl (C=O) groups is 2. The second-order valence-electron chi connectivity index (χ2n) is 6.04. The van der Waals surface area contributed by atoms with Crippen LogP contribution in [-0.4, -0.2) is 46.0 Å². The standard InChI is InChI=1S/C15H25NO3S/c1-3-20-13-7-6-12(9-13)16(2)14(17)10-4-5-11(8-10)15(18)19/h10-13H,3-9H2,1-2H3,(H,18,19)/t10-,11+,12?,13?/m1/s1. The van der Waals surface area contributed by atoms with Gasteiger partial charge in [-0.05, 0) is 44.3 Å². The van der Waals surface area contributed by atoms with E-state index in [2.05, 4.69) is 6.92 Å². The fourth-order valence-electron chi connectivity index (χ4n) is 3.55. The predicted molar refractivity (Wildman–Crippen MR) is 80.8 cm³/mol. The molecule has 1 N–H and O–H groups in total. The number of carboxylic acids is 1. The minimum Gasteiger partial charge on any atom is -0.481 e. The topological polar surface area (TPSA) is 57.6 Å². The molecular weight excluding hydrogens is 274 g/mol. The van der Waals surface area contributed by atoms with Gasteiger partial charge in [-0.3, -0.25) is 9.59 Å². The average molecular weight is 299 g/mol. The van der Waals surface area contributed by atoms with Gasteiger partial charge in [-0.1, -0.05) is 6.92 Å². The summed E-state index contributed by atoms with van der Waals surface area (Å²) in [6.07, 6.45) is 5.30. The zero-order chi connectivity index (χ0) is 14.7. The molecule has 2 saturated carbocycles. The van der Waals surface area contributed by atoms with Crippen LogP contribution in [0.1, 0.15) is 45.4 Å². The molecule has 2 aliphatic rings. The van der Waals surface area contributed by atoms with Gasteiger partial charge in [0.25, 0.3) is 0 Å². The third-order valence-corrected chi connectivity index (χ3v) is 6.02. The quantitative estimate of drug-likeness (QED) is 0.848. The molecule has 114 valence electrons. The summed E-state index contributed by atoms with van der Waals surface area (Å²) in [5, 5.41) is 9.72. The third kappa shape index (κ3) is 3.48. The van der Waals surface area contributed by atoms with E-state index < -0.39 is 5.97 Å². The van der Waals surface area contributed by atoms with E-state index >= 15 is 0 Å². The number of thioether (sulfide) groups is 1. The molecule has 0 aromatic carbocycles. The van der Waals surface area contributed by atoms with Crippen molar-refractivity contribution in [2.24, 2.45) is 11.8 Å². The molecule has 0 radical (unpaired) electrons. The third-order valence-electron chi connectivity index (χ3n) is 4.79. The summed E-state index contributed by atoms with van der Waals surface area (Å²) >= 11 is 1.99. The number of amides is 1. The van der Waals surface area contributed by atoms with Gasteiger partial charge in [-0.25, -0.2) is 0 Å². The molecule has 0 aliphatic heterocycles. The summed E-state index contributed by atoms with van der Waals surface area (Å²) in [6, 6.07) is 0.357. The Hall–Kier alpha value is -0.710. The second kappa shape index (κ2) is 6.83. The number of aliphatic carboxylic acids is 1. The smallest absolute Gasteiger partial charge is 0.306 e. The van der Waals surface area contributed by atoms with Crippen molar-refractivity contribution in [2.75, 3.05) is 12.8 Å². The van der Waals surface area contributed by atoms with E-state index in [9.17, 15) is 9.59 Å². The average Bonchev–Trinajstić information content (AvgIpc) is 3.06. The highest BCUT2D eigenvalue weighted by Crippen LogP contribution is 2.36. The Balaban J connectivity index is 1.85. The van der Waals surface area contributed by atoms with Crippen molar-refractivity contribution in [3.05, 3.63) is 0 Å². The molecule has 0 aromatic heterocycles. The largest absolute Gasteiger partial charge is 0.481 e. The first-order valence-electron chi connectivity index (χ1n) is 7.64. The zero-order valence-corrected chi connectivity index (χ0v) is 13.2. The van der Waals surface area contributed by atoms with Crippen LogP contribution in [0, 0.1) is 11.8 Å². The van der Waals surface area contributed by atoms with Crippen LogP contribution in [0.25, 0.3) is 0 Å². The van der Waals surface area contributed by atoms with Crippen molar-refractivity contribution in [1.82, 2.24) is 4.90 Å². The van der Waals surface area contributed by atoms with Crippen molar-refractivity contribution in [1.29, 1.82) is 0 Å². The zero-order valence-electron chi connectivity index (χ0n) is 12.4. The van der Waals surface area contributed by atoms with Crippen LogP contribution in [0.3, 0.4) is 0 Å². The van der Waals surface area contributed by atoms with Crippen molar-refractivity contribution in [2.45, 2.75) is 56.7 Å². The summed E-state index contributed by atoms with van der Waals surface area (Å²) in [7, 11) is 1.90. The molecule has 0 heterocycles. The van der Waals surface area contributed by atoms with Gasteiger partial charge in [0.2, 0.25) is 5.91 Å². The lowest BCUT2D eigenvalue weighted by Crippen LogP contribution is -2.39. The van der Waals surface area contributed by atoms with Crippen molar-refractivity contribution in [3.63, 3.8) is 0 Å².